The number of nitrogens with one attached hydrogen (secondary N) is 1. The molecule has 0 spiro atoms. The minimum absolute atomic E-state index is 0.798. The Morgan fingerprint density at radius 3 is 2.71 bits per heavy atom. The van der Waals surface area contributed by atoms with E-state index >= 15 is 0 Å². The fraction of sp³-hybridized carbons (Fsp3) is 0.250. The van der Waals surface area contributed by atoms with Crippen LogP contribution in [-0.2, 0) is 13.1 Å². The van der Waals surface area contributed by atoms with Gasteiger partial charge in [-0.25, -0.2) is 9.97 Å². The zero-order chi connectivity index (χ0) is 14.7. The van der Waals surface area contributed by atoms with E-state index in [0.717, 1.165) is 30.4 Å². The van der Waals surface area contributed by atoms with Crippen LogP contribution in [0, 0.1) is 6.92 Å². The Balaban J connectivity index is 1.69. The summed E-state index contributed by atoms with van der Waals surface area (Å²) in [6.07, 6.45) is 7.65. The molecule has 0 bridgehead atoms. The molecule has 0 amide bonds. The van der Waals surface area contributed by atoms with Gasteiger partial charge in [0.05, 0.1) is 18.4 Å². The second-order valence-corrected chi connectivity index (χ2v) is 4.89. The van der Waals surface area contributed by atoms with Gasteiger partial charge >= 0.3 is 0 Å². The van der Waals surface area contributed by atoms with Crippen molar-refractivity contribution >= 4 is 5.69 Å². The van der Waals surface area contributed by atoms with Crippen molar-refractivity contribution in [2.45, 2.75) is 26.9 Å². The van der Waals surface area contributed by atoms with Crippen molar-refractivity contribution in [2.75, 3.05) is 5.32 Å². The molecule has 21 heavy (non-hydrogen) atoms. The first-order valence-corrected chi connectivity index (χ1v) is 7.12. The van der Waals surface area contributed by atoms with E-state index in [9.17, 15) is 0 Å². The number of pyridine rings is 1. The fourth-order valence-electron chi connectivity index (χ4n) is 2.36. The standard InChI is InChI=1S/C16H19N5/c1-3-20-9-4-5-15(20)12-18-14-6-7-16(19-11-14)21-10-8-17-13(21)2/h4-11,18H,3,12H2,1-2H3. The van der Waals surface area contributed by atoms with Crippen molar-refractivity contribution in [3.63, 3.8) is 0 Å². The predicted octanol–water partition coefficient (Wildman–Crippen LogP) is 3.01. The van der Waals surface area contributed by atoms with Crippen molar-refractivity contribution in [2.24, 2.45) is 0 Å². The number of aromatic nitrogens is 4. The van der Waals surface area contributed by atoms with E-state index in [1.54, 1.807) is 6.20 Å². The summed E-state index contributed by atoms with van der Waals surface area (Å²) in [6, 6.07) is 8.24. The third-order valence-corrected chi connectivity index (χ3v) is 3.56. The van der Waals surface area contributed by atoms with Gasteiger partial charge in [-0.15, -0.1) is 0 Å². The monoisotopic (exact) mass is 281 g/mol. The number of imidazole rings is 1. The predicted molar refractivity (Wildman–Crippen MR) is 83.5 cm³/mol. The Labute approximate surface area is 124 Å². The topological polar surface area (TPSA) is 47.7 Å². The van der Waals surface area contributed by atoms with E-state index in [2.05, 4.69) is 45.1 Å². The highest BCUT2D eigenvalue weighted by atomic mass is 15.1. The van der Waals surface area contributed by atoms with Crippen LogP contribution in [-0.4, -0.2) is 19.1 Å². The van der Waals surface area contributed by atoms with Crippen LogP contribution in [0.25, 0.3) is 5.82 Å². The molecule has 5 nitrogen and oxygen atoms in total. The lowest BCUT2D eigenvalue weighted by atomic mass is 10.3. The highest BCUT2D eigenvalue weighted by Crippen LogP contribution is 2.13. The Hall–Kier alpha value is -2.56. The third kappa shape index (κ3) is 2.81. The Kier molecular flexibility index (Phi) is 3.73. The van der Waals surface area contributed by atoms with Gasteiger partial charge in [-0.2, -0.15) is 0 Å². The van der Waals surface area contributed by atoms with Crippen LogP contribution >= 0.6 is 0 Å². The largest absolute Gasteiger partial charge is 0.378 e. The zero-order valence-electron chi connectivity index (χ0n) is 12.3. The molecule has 0 radical (unpaired) electrons. The normalized spacial score (nSPS) is 10.8. The van der Waals surface area contributed by atoms with Crippen molar-refractivity contribution < 1.29 is 0 Å². The summed E-state index contributed by atoms with van der Waals surface area (Å²) in [5.74, 6) is 1.82. The zero-order valence-corrected chi connectivity index (χ0v) is 12.3. The Bertz CT molecular complexity index is 708. The molecule has 0 fully saturated rings. The minimum atomic E-state index is 0.798. The molecular formula is C16H19N5. The molecule has 0 atom stereocenters. The molecule has 3 aromatic heterocycles. The lowest BCUT2D eigenvalue weighted by Gasteiger charge is -2.10. The van der Waals surface area contributed by atoms with Crippen molar-refractivity contribution in [3.05, 3.63) is 60.6 Å². The third-order valence-electron chi connectivity index (χ3n) is 3.56. The van der Waals surface area contributed by atoms with Crippen LogP contribution in [0.4, 0.5) is 5.69 Å². The minimum Gasteiger partial charge on any atom is -0.378 e. The SMILES string of the molecule is CCn1cccc1CNc1ccc(-n2ccnc2C)nc1. The maximum Gasteiger partial charge on any atom is 0.138 e. The molecule has 5 heteroatoms. The van der Waals surface area contributed by atoms with Gasteiger partial charge in [-0.05, 0) is 38.1 Å². The van der Waals surface area contributed by atoms with Gasteiger partial charge in [0.15, 0.2) is 0 Å². The molecule has 0 aliphatic carbocycles. The summed E-state index contributed by atoms with van der Waals surface area (Å²) in [6.45, 7) is 5.90. The Morgan fingerprint density at radius 1 is 1.14 bits per heavy atom. The summed E-state index contributed by atoms with van der Waals surface area (Å²) in [4.78, 5) is 8.69. The molecule has 0 aromatic carbocycles. The molecule has 3 heterocycles. The highest BCUT2D eigenvalue weighted by Gasteiger charge is 2.03. The first-order valence-electron chi connectivity index (χ1n) is 7.12. The van der Waals surface area contributed by atoms with Crippen LogP contribution in [0.15, 0.2) is 49.1 Å². The van der Waals surface area contributed by atoms with Gasteiger partial charge < -0.3 is 9.88 Å². The van der Waals surface area contributed by atoms with Crippen molar-refractivity contribution in [1.29, 1.82) is 0 Å². The van der Waals surface area contributed by atoms with E-state index in [4.69, 9.17) is 0 Å². The number of aryl methyl sites for hydroxylation is 2. The molecule has 0 aliphatic rings. The van der Waals surface area contributed by atoms with Gasteiger partial charge in [-0.3, -0.25) is 4.57 Å². The summed E-state index contributed by atoms with van der Waals surface area (Å²) in [5, 5.41) is 3.40. The van der Waals surface area contributed by atoms with Crippen LogP contribution in [0.3, 0.4) is 0 Å². The molecular weight excluding hydrogens is 262 g/mol. The highest BCUT2D eigenvalue weighted by molar-refractivity contribution is 5.44. The fourth-order valence-corrected chi connectivity index (χ4v) is 2.36. The Morgan fingerprint density at radius 2 is 2.05 bits per heavy atom. The van der Waals surface area contributed by atoms with E-state index in [1.165, 1.54) is 5.69 Å². The lowest BCUT2D eigenvalue weighted by Crippen LogP contribution is -2.06. The molecule has 3 aromatic rings. The van der Waals surface area contributed by atoms with Gasteiger partial charge in [0.1, 0.15) is 11.6 Å². The van der Waals surface area contributed by atoms with Gasteiger partial charge in [0, 0.05) is 30.8 Å². The average molecular weight is 281 g/mol. The van der Waals surface area contributed by atoms with E-state index in [-0.39, 0.29) is 0 Å². The van der Waals surface area contributed by atoms with Gasteiger partial charge in [-0.1, -0.05) is 0 Å². The van der Waals surface area contributed by atoms with E-state index in [0.29, 0.717) is 0 Å². The second-order valence-electron chi connectivity index (χ2n) is 4.89. The van der Waals surface area contributed by atoms with Gasteiger partial charge in [0.25, 0.3) is 0 Å². The smallest absolute Gasteiger partial charge is 0.138 e. The van der Waals surface area contributed by atoms with E-state index < -0.39 is 0 Å². The molecule has 108 valence electrons. The molecule has 0 aliphatic heterocycles. The van der Waals surface area contributed by atoms with Crippen molar-refractivity contribution in [3.8, 4) is 5.82 Å². The maximum absolute atomic E-state index is 4.48. The number of hydrogen-bond acceptors (Lipinski definition) is 3. The maximum atomic E-state index is 4.48. The van der Waals surface area contributed by atoms with Crippen LogP contribution < -0.4 is 5.32 Å². The van der Waals surface area contributed by atoms with Crippen LogP contribution in [0.5, 0.6) is 0 Å². The van der Waals surface area contributed by atoms with Gasteiger partial charge in [0.2, 0.25) is 0 Å². The lowest BCUT2D eigenvalue weighted by molar-refractivity contribution is 0.724. The van der Waals surface area contributed by atoms with Crippen molar-refractivity contribution in [1.82, 2.24) is 19.1 Å². The van der Waals surface area contributed by atoms with Crippen LogP contribution in [0.1, 0.15) is 18.4 Å². The summed E-state index contributed by atoms with van der Waals surface area (Å²) < 4.78 is 4.19. The summed E-state index contributed by atoms with van der Waals surface area (Å²) in [7, 11) is 0. The average Bonchev–Trinajstić information content (AvgIpc) is 3.14. The number of rotatable bonds is 5. The molecule has 0 saturated heterocycles. The first-order chi connectivity index (χ1) is 10.3. The summed E-state index contributed by atoms with van der Waals surface area (Å²) >= 11 is 0. The number of nitrogens with zero attached hydrogens (tertiary/aromatic N) is 4. The number of anilines is 1. The van der Waals surface area contributed by atoms with Crippen LogP contribution in [0.2, 0.25) is 0 Å². The van der Waals surface area contributed by atoms with E-state index in [1.807, 2.05) is 36.0 Å². The quantitative estimate of drug-likeness (QED) is 0.782. The molecule has 3 rings (SSSR count). The number of hydrogen-bond donors (Lipinski definition) is 1. The molecule has 1 N–H and O–H groups in total. The molecule has 0 unspecified atom stereocenters. The second kappa shape index (κ2) is 5.83. The molecule has 0 saturated carbocycles. The summed E-state index contributed by atoms with van der Waals surface area (Å²) in [5.41, 5.74) is 2.28. The first kappa shape index (κ1) is 13.4.